The Hall–Kier alpha value is -3.99. The number of hydrogen-bond donors (Lipinski definition) is 2. The van der Waals surface area contributed by atoms with Crippen LogP contribution >= 0.6 is 0 Å². The highest BCUT2D eigenvalue weighted by molar-refractivity contribution is 6.75. The van der Waals surface area contributed by atoms with E-state index in [1.807, 2.05) is 76.2 Å². The van der Waals surface area contributed by atoms with E-state index in [1.54, 1.807) is 42.7 Å². The van der Waals surface area contributed by atoms with Gasteiger partial charge >= 0.3 is 17.6 Å². The van der Waals surface area contributed by atoms with Gasteiger partial charge in [-0.15, -0.1) is 0 Å². The largest absolute Gasteiger partial charge is 0.536 e. The molecule has 0 saturated carbocycles. The molecule has 0 aliphatic carbocycles. The Morgan fingerprint density at radius 2 is 0.532 bits per heavy atom. The van der Waals surface area contributed by atoms with Crippen LogP contribution in [0.15, 0.2) is 121 Å². The van der Waals surface area contributed by atoms with Crippen LogP contribution < -0.4 is 15.1 Å². The van der Waals surface area contributed by atoms with E-state index < -0.39 is 28.8 Å². The summed E-state index contributed by atoms with van der Waals surface area (Å²) in [4.78, 5) is 0. The van der Waals surface area contributed by atoms with Gasteiger partial charge in [-0.2, -0.15) is 0 Å². The van der Waals surface area contributed by atoms with Crippen molar-refractivity contribution in [2.75, 3.05) is 42.7 Å². The third kappa shape index (κ3) is 23.3. The third-order valence-corrected chi connectivity index (χ3v) is 19.9. The maximum Gasteiger partial charge on any atom is 0.536 e. The van der Waals surface area contributed by atoms with E-state index in [1.165, 1.54) is 34.2 Å². The summed E-state index contributed by atoms with van der Waals surface area (Å²) in [5, 5.41) is 21.5. The zero-order valence-corrected chi connectivity index (χ0v) is 54.2. The second-order valence-electron chi connectivity index (χ2n) is 22.3. The minimum absolute atomic E-state index is 0.113. The average Bonchev–Trinajstić information content (AvgIpc) is 3.43. The van der Waals surface area contributed by atoms with Crippen LogP contribution in [0.1, 0.15) is 218 Å². The number of rotatable bonds is 21. The van der Waals surface area contributed by atoms with Crippen LogP contribution in [0.5, 0.6) is 5.75 Å². The molecule has 5 aromatic rings. The quantitative estimate of drug-likeness (QED) is 0.0695. The lowest BCUT2D eigenvalue weighted by Gasteiger charge is -2.24. The Balaban J connectivity index is 0.000000482. The smallest absolute Gasteiger partial charge is 0.488 e. The molecule has 0 saturated heterocycles. The standard InChI is InChI=1S/C14H22O.2C13H22O3Si.2C13H20O/c1-6-11(2)12-7-9-13(10-8-12)15-14(3,4)5;2*1-6-11(2)12-7-9-13(10-8-12)17(14-3,15-4)16-5;2*1-5-10(2)11-6-8-12(9-7-11)13(3,4)14/h7-11H,6H2,1-5H3;2*7-11H,6H2,1-5H3;2*6-10,14H,5H2,1-4H3. The normalized spacial score (nSPS) is 13.8. The molecule has 0 spiro atoms. The van der Waals surface area contributed by atoms with E-state index in [0.717, 1.165) is 52.9 Å². The van der Waals surface area contributed by atoms with Crippen molar-refractivity contribution in [3.8, 4) is 5.75 Å². The second kappa shape index (κ2) is 34.2. The molecular weight excluding hydrogens is 993 g/mol. The Morgan fingerprint density at radius 3 is 0.701 bits per heavy atom. The first kappa shape index (κ1) is 71.0. The fraction of sp³-hybridized carbons (Fsp3) is 0.545. The van der Waals surface area contributed by atoms with Crippen molar-refractivity contribution in [3.05, 3.63) is 160 Å². The maximum absolute atomic E-state index is 9.78. The van der Waals surface area contributed by atoms with E-state index in [-0.39, 0.29) is 5.60 Å². The number of ether oxygens (including phenoxy) is 1. The van der Waals surface area contributed by atoms with Crippen LogP contribution in [-0.4, -0.2) is 76.1 Å². The Bertz CT molecular complexity index is 2140. The van der Waals surface area contributed by atoms with Gasteiger partial charge in [0.15, 0.2) is 0 Å². The van der Waals surface area contributed by atoms with E-state index >= 15 is 0 Å². The van der Waals surface area contributed by atoms with Crippen LogP contribution in [0.25, 0.3) is 0 Å². The van der Waals surface area contributed by atoms with Gasteiger partial charge in [-0.3, -0.25) is 0 Å². The van der Waals surface area contributed by atoms with Gasteiger partial charge in [-0.25, -0.2) is 0 Å². The molecule has 432 valence electrons. The van der Waals surface area contributed by atoms with Gasteiger partial charge in [0.2, 0.25) is 0 Å². The SMILES string of the molecule is CCC(C)c1ccc(C(C)(C)O)cc1.CCC(C)c1ccc(C(C)(C)O)cc1.CCC(C)c1ccc(OC(C)(C)C)cc1.CCC(C)c1ccc([Si](OC)(OC)OC)cc1.CCC(C)c1ccc([Si](OC)(OC)OC)cc1. The molecular formula is C66H106O9Si2. The summed E-state index contributed by atoms with van der Waals surface area (Å²) in [5.41, 5.74) is 7.14. The predicted molar refractivity (Wildman–Crippen MR) is 329 cm³/mol. The lowest BCUT2D eigenvalue weighted by molar-refractivity contribution is 0.0780. The predicted octanol–water partition coefficient (Wildman–Crippen LogP) is 15.8. The van der Waals surface area contributed by atoms with Crippen molar-refractivity contribution >= 4 is 28.0 Å². The van der Waals surface area contributed by atoms with E-state index in [0.29, 0.717) is 29.6 Å². The number of benzene rings is 5. The minimum Gasteiger partial charge on any atom is -0.488 e. The molecule has 0 aliphatic heterocycles. The Kier molecular flexibility index (Phi) is 31.6. The van der Waals surface area contributed by atoms with Gasteiger partial charge in [0.1, 0.15) is 11.4 Å². The van der Waals surface area contributed by atoms with Crippen LogP contribution in [-0.2, 0) is 37.8 Å². The zero-order valence-electron chi connectivity index (χ0n) is 52.2. The highest BCUT2D eigenvalue weighted by Gasteiger charge is 2.41. The van der Waals surface area contributed by atoms with Gasteiger partial charge in [0, 0.05) is 53.0 Å². The summed E-state index contributed by atoms with van der Waals surface area (Å²) < 4.78 is 38.4. The van der Waals surface area contributed by atoms with Crippen molar-refractivity contribution in [1.82, 2.24) is 0 Å². The van der Waals surface area contributed by atoms with Crippen molar-refractivity contribution in [2.24, 2.45) is 0 Å². The molecule has 5 atom stereocenters. The molecule has 0 heterocycles. The van der Waals surface area contributed by atoms with E-state index in [9.17, 15) is 10.2 Å². The van der Waals surface area contributed by atoms with Gasteiger partial charge < -0.3 is 41.5 Å². The maximum atomic E-state index is 9.78. The summed E-state index contributed by atoms with van der Waals surface area (Å²) in [6.07, 6.45) is 5.77. The van der Waals surface area contributed by atoms with Gasteiger partial charge in [0.05, 0.1) is 11.2 Å². The van der Waals surface area contributed by atoms with Crippen LogP contribution in [0.2, 0.25) is 0 Å². The lowest BCUT2D eigenvalue weighted by atomic mass is 9.93. The summed E-state index contributed by atoms with van der Waals surface area (Å²) in [6.45, 7) is 35.6. The molecule has 5 aromatic carbocycles. The minimum atomic E-state index is -2.66. The molecule has 0 aliphatic rings. The molecule has 77 heavy (non-hydrogen) atoms. The first-order valence-electron chi connectivity index (χ1n) is 28.0. The zero-order chi connectivity index (χ0) is 58.8. The summed E-state index contributed by atoms with van der Waals surface area (Å²) >= 11 is 0. The van der Waals surface area contributed by atoms with Gasteiger partial charge in [-0.1, -0.05) is 178 Å². The lowest BCUT2D eigenvalue weighted by Crippen LogP contribution is -2.54. The van der Waals surface area contributed by atoms with Gasteiger partial charge in [-0.05, 0) is 161 Å². The highest BCUT2D eigenvalue weighted by atomic mass is 28.4. The Labute approximate surface area is 472 Å². The van der Waals surface area contributed by atoms with Crippen molar-refractivity contribution in [1.29, 1.82) is 0 Å². The fourth-order valence-corrected chi connectivity index (χ4v) is 11.6. The van der Waals surface area contributed by atoms with Gasteiger partial charge in [0.25, 0.3) is 0 Å². The first-order chi connectivity index (χ1) is 36.1. The van der Waals surface area contributed by atoms with Crippen molar-refractivity contribution < 1.29 is 41.5 Å². The second-order valence-corrected chi connectivity index (χ2v) is 28.1. The van der Waals surface area contributed by atoms with Crippen LogP contribution in [0, 0.1) is 0 Å². The molecule has 0 aromatic heterocycles. The highest BCUT2D eigenvalue weighted by Crippen LogP contribution is 2.27. The number of aliphatic hydroxyl groups is 2. The van der Waals surface area contributed by atoms with Crippen molar-refractivity contribution in [3.63, 3.8) is 0 Å². The fourth-order valence-electron chi connectivity index (χ4n) is 8.07. The van der Waals surface area contributed by atoms with E-state index in [2.05, 4.69) is 163 Å². The summed E-state index contributed by atoms with van der Waals surface area (Å²) in [5.74, 6) is 3.94. The molecule has 0 amide bonds. The molecule has 5 unspecified atom stereocenters. The molecule has 0 bridgehead atoms. The molecule has 0 radical (unpaired) electrons. The Morgan fingerprint density at radius 1 is 0.338 bits per heavy atom. The summed E-state index contributed by atoms with van der Waals surface area (Å²) in [7, 11) is 4.44. The molecule has 0 fully saturated rings. The molecule has 9 nitrogen and oxygen atoms in total. The monoisotopic (exact) mass is 1100 g/mol. The topological polar surface area (TPSA) is 105 Å². The average molecular weight is 1100 g/mol. The van der Waals surface area contributed by atoms with Crippen LogP contribution in [0.4, 0.5) is 0 Å². The molecule has 5 rings (SSSR count). The molecule has 11 heteroatoms. The number of hydrogen-bond acceptors (Lipinski definition) is 9. The molecule has 2 N–H and O–H groups in total. The first-order valence-corrected chi connectivity index (χ1v) is 31.5. The van der Waals surface area contributed by atoms with Crippen LogP contribution in [0.3, 0.4) is 0 Å². The third-order valence-electron chi connectivity index (χ3n) is 14.6. The summed E-state index contributed by atoms with van der Waals surface area (Å²) in [6, 6.07) is 41.7. The van der Waals surface area contributed by atoms with Crippen molar-refractivity contribution in [2.45, 2.75) is 196 Å². The van der Waals surface area contributed by atoms with E-state index in [4.69, 9.17) is 31.3 Å².